The molecule has 1 atom stereocenters. The Balaban J connectivity index is 2.44. The number of aromatic nitrogens is 1. The summed E-state index contributed by atoms with van der Waals surface area (Å²) in [6.07, 6.45) is -0.397. The van der Waals surface area contributed by atoms with E-state index in [9.17, 15) is 8.78 Å². The number of allylic oxidation sites excluding steroid dienone is 1. The van der Waals surface area contributed by atoms with Gasteiger partial charge in [0.1, 0.15) is 5.01 Å². The van der Waals surface area contributed by atoms with Gasteiger partial charge in [-0.15, -0.1) is 11.3 Å². The van der Waals surface area contributed by atoms with Crippen molar-refractivity contribution in [3.8, 4) is 0 Å². The summed E-state index contributed by atoms with van der Waals surface area (Å²) in [6, 6.07) is 7.37. The van der Waals surface area contributed by atoms with Gasteiger partial charge in [0.05, 0.1) is 16.5 Å². The fourth-order valence-corrected chi connectivity index (χ4v) is 2.08. The highest BCUT2D eigenvalue weighted by Gasteiger charge is 2.11. The molecule has 4 heteroatoms. The molecule has 0 aliphatic heterocycles. The van der Waals surface area contributed by atoms with Crippen LogP contribution in [0.3, 0.4) is 0 Å². The van der Waals surface area contributed by atoms with Gasteiger partial charge >= 0.3 is 0 Å². The minimum atomic E-state index is -1.45. The van der Waals surface area contributed by atoms with Gasteiger partial charge < -0.3 is 0 Å². The van der Waals surface area contributed by atoms with Crippen molar-refractivity contribution in [3.05, 3.63) is 41.7 Å². The first-order valence-electron chi connectivity index (χ1n) is 4.07. The summed E-state index contributed by atoms with van der Waals surface area (Å²) in [5.74, 6) is 0. The molecule has 0 radical (unpaired) electrons. The molecule has 0 amide bonds. The van der Waals surface area contributed by atoms with E-state index in [4.69, 9.17) is 0 Å². The summed E-state index contributed by atoms with van der Waals surface area (Å²) in [7, 11) is 0. The van der Waals surface area contributed by atoms with Crippen molar-refractivity contribution in [1.82, 2.24) is 4.98 Å². The number of fused-ring (bicyclic) bond motifs is 1. The molecule has 0 aliphatic rings. The van der Waals surface area contributed by atoms with Crippen molar-refractivity contribution >= 4 is 21.6 Å². The maximum absolute atomic E-state index is 13.2. The molecule has 1 nitrogen and oxygen atoms in total. The van der Waals surface area contributed by atoms with E-state index in [-0.39, 0.29) is 6.33 Å². The minimum Gasteiger partial charge on any atom is -0.238 e. The molecule has 0 aliphatic carbocycles. The SMILES string of the molecule is FC=CC(F)c1nc2ccccc2s1. The van der Waals surface area contributed by atoms with Gasteiger partial charge in [-0.25, -0.2) is 13.8 Å². The lowest BCUT2D eigenvalue weighted by Gasteiger charge is -1.93. The second-order valence-electron chi connectivity index (χ2n) is 2.74. The number of nitrogens with zero attached hydrogens (tertiary/aromatic N) is 1. The molecular formula is C10H7F2NS. The molecular weight excluding hydrogens is 204 g/mol. The summed E-state index contributed by atoms with van der Waals surface area (Å²) >= 11 is 1.24. The third kappa shape index (κ3) is 1.65. The van der Waals surface area contributed by atoms with Crippen LogP contribution in [-0.4, -0.2) is 4.98 Å². The zero-order chi connectivity index (χ0) is 9.97. The molecule has 2 rings (SSSR count). The highest BCUT2D eigenvalue weighted by atomic mass is 32.1. The van der Waals surface area contributed by atoms with Gasteiger partial charge in [-0.3, -0.25) is 0 Å². The summed E-state index contributed by atoms with van der Waals surface area (Å²) < 4.78 is 25.9. The second-order valence-corrected chi connectivity index (χ2v) is 3.80. The largest absolute Gasteiger partial charge is 0.238 e. The van der Waals surface area contributed by atoms with Gasteiger partial charge in [0.25, 0.3) is 0 Å². The minimum absolute atomic E-state index is 0.205. The van der Waals surface area contributed by atoms with Crippen LogP contribution >= 0.6 is 11.3 Å². The molecule has 0 bridgehead atoms. The maximum atomic E-state index is 13.2. The standard InChI is InChI=1S/C10H7F2NS/c11-6-5-7(12)10-13-8-3-1-2-4-9(8)14-10/h1-7H. The predicted octanol–water partition coefficient (Wildman–Crippen LogP) is 3.79. The molecule has 1 aromatic carbocycles. The zero-order valence-corrected chi connectivity index (χ0v) is 7.97. The van der Waals surface area contributed by atoms with Crippen LogP contribution in [0.25, 0.3) is 10.2 Å². The Morgan fingerprint density at radius 2 is 2.14 bits per heavy atom. The maximum Gasteiger partial charge on any atom is 0.172 e. The molecule has 0 saturated heterocycles. The zero-order valence-electron chi connectivity index (χ0n) is 7.15. The molecule has 0 saturated carbocycles. The van der Waals surface area contributed by atoms with E-state index in [1.54, 1.807) is 6.07 Å². The Morgan fingerprint density at radius 1 is 1.36 bits per heavy atom. The van der Waals surface area contributed by atoms with Crippen LogP contribution in [0.15, 0.2) is 36.7 Å². The number of rotatable bonds is 2. The lowest BCUT2D eigenvalue weighted by atomic mass is 10.3. The van der Waals surface area contributed by atoms with Crippen molar-refractivity contribution in [2.45, 2.75) is 6.17 Å². The summed E-state index contributed by atoms with van der Waals surface area (Å²) in [4.78, 5) is 4.06. The first kappa shape index (κ1) is 9.27. The van der Waals surface area contributed by atoms with Crippen molar-refractivity contribution in [1.29, 1.82) is 0 Å². The van der Waals surface area contributed by atoms with E-state index >= 15 is 0 Å². The molecule has 0 N–H and O–H groups in total. The van der Waals surface area contributed by atoms with Crippen LogP contribution in [0.4, 0.5) is 8.78 Å². The number of thiazole rings is 1. The Morgan fingerprint density at radius 3 is 2.86 bits per heavy atom. The first-order valence-corrected chi connectivity index (χ1v) is 4.89. The average Bonchev–Trinajstić information content (AvgIpc) is 2.61. The second kappa shape index (κ2) is 3.84. The van der Waals surface area contributed by atoms with Crippen LogP contribution in [-0.2, 0) is 0 Å². The van der Waals surface area contributed by atoms with Crippen LogP contribution in [0.1, 0.15) is 11.2 Å². The lowest BCUT2D eigenvalue weighted by Crippen LogP contribution is -1.83. The van der Waals surface area contributed by atoms with Crippen molar-refractivity contribution < 1.29 is 8.78 Å². The van der Waals surface area contributed by atoms with Crippen LogP contribution in [0.2, 0.25) is 0 Å². The number of para-hydroxylation sites is 1. The third-order valence-electron chi connectivity index (χ3n) is 1.79. The van der Waals surface area contributed by atoms with Gasteiger partial charge in [-0.2, -0.15) is 0 Å². The highest BCUT2D eigenvalue weighted by molar-refractivity contribution is 7.18. The number of benzene rings is 1. The van der Waals surface area contributed by atoms with E-state index in [0.717, 1.165) is 16.3 Å². The fraction of sp³-hybridized carbons (Fsp3) is 0.100. The molecule has 1 unspecified atom stereocenters. The molecule has 0 fully saturated rings. The lowest BCUT2D eigenvalue weighted by molar-refractivity contribution is 0.409. The third-order valence-corrected chi connectivity index (χ3v) is 2.88. The molecule has 1 heterocycles. The van der Waals surface area contributed by atoms with Gasteiger partial charge in [0.15, 0.2) is 6.17 Å². The van der Waals surface area contributed by atoms with Crippen LogP contribution in [0, 0.1) is 0 Å². The van der Waals surface area contributed by atoms with Crippen LogP contribution in [0.5, 0.6) is 0 Å². The van der Waals surface area contributed by atoms with Crippen LogP contribution < -0.4 is 0 Å². The van der Waals surface area contributed by atoms with E-state index in [2.05, 4.69) is 4.98 Å². The van der Waals surface area contributed by atoms with E-state index in [0.29, 0.717) is 5.01 Å². The predicted molar refractivity (Wildman–Crippen MR) is 53.7 cm³/mol. The normalized spacial score (nSPS) is 13.9. The Labute approximate surface area is 83.7 Å². The van der Waals surface area contributed by atoms with E-state index in [1.807, 2.05) is 18.2 Å². The van der Waals surface area contributed by atoms with E-state index < -0.39 is 6.17 Å². The molecule has 2 aromatic rings. The summed E-state index contributed by atoms with van der Waals surface area (Å²) in [5, 5.41) is 0.292. The van der Waals surface area contributed by atoms with Gasteiger partial charge in [-0.1, -0.05) is 12.1 Å². The fourth-order valence-electron chi connectivity index (χ4n) is 1.15. The Hall–Kier alpha value is -1.29. The summed E-state index contributed by atoms with van der Waals surface area (Å²) in [5.41, 5.74) is 0.752. The topological polar surface area (TPSA) is 12.9 Å². The highest BCUT2D eigenvalue weighted by Crippen LogP contribution is 2.28. The quantitative estimate of drug-likeness (QED) is 0.736. The summed E-state index contributed by atoms with van der Waals surface area (Å²) in [6.45, 7) is 0. The first-order chi connectivity index (χ1) is 6.81. The Kier molecular flexibility index (Phi) is 2.54. The number of hydrogen-bond acceptors (Lipinski definition) is 2. The number of alkyl halides is 1. The molecule has 0 spiro atoms. The smallest absolute Gasteiger partial charge is 0.172 e. The van der Waals surface area contributed by atoms with Gasteiger partial charge in [0.2, 0.25) is 0 Å². The van der Waals surface area contributed by atoms with Crippen molar-refractivity contribution in [3.63, 3.8) is 0 Å². The number of halogens is 2. The molecule has 1 aromatic heterocycles. The average molecular weight is 211 g/mol. The molecule has 72 valence electrons. The monoisotopic (exact) mass is 211 g/mol. The van der Waals surface area contributed by atoms with Gasteiger partial charge in [0, 0.05) is 0 Å². The van der Waals surface area contributed by atoms with Crippen molar-refractivity contribution in [2.24, 2.45) is 0 Å². The Bertz CT molecular complexity index is 431. The van der Waals surface area contributed by atoms with Gasteiger partial charge in [-0.05, 0) is 18.2 Å². The number of hydrogen-bond donors (Lipinski definition) is 0. The molecule has 14 heavy (non-hydrogen) atoms. The van der Waals surface area contributed by atoms with Crippen molar-refractivity contribution in [2.75, 3.05) is 0 Å². The van der Waals surface area contributed by atoms with E-state index in [1.165, 1.54) is 11.3 Å².